The Kier molecular flexibility index (Phi) is 3.92. The quantitative estimate of drug-likeness (QED) is 0.691. The third-order valence-corrected chi connectivity index (χ3v) is 5.60. The molecular weight excluding hydrogens is 337 g/mol. The van der Waals surface area contributed by atoms with Gasteiger partial charge in [-0.3, -0.25) is 4.99 Å². The third kappa shape index (κ3) is 2.89. The maximum atomic E-state index is 13.5. The minimum absolute atomic E-state index is 0.223. The van der Waals surface area contributed by atoms with Gasteiger partial charge in [-0.2, -0.15) is 0 Å². The fourth-order valence-electron chi connectivity index (χ4n) is 3.88. The molecule has 27 heavy (non-hydrogen) atoms. The molecule has 1 aromatic rings. The van der Waals surface area contributed by atoms with Crippen LogP contribution < -0.4 is 16.1 Å². The van der Waals surface area contributed by atoms with Gasteiger partial charge in [0.15, 0.2) is 0 Å². The molecular formula is C23H22FN3. The van der Waals surface area contributed by atoms with Crippen molar-refractivity contribution in [2.24, 2.45) is 4.99 Å². The average molecular weight is 359 g/mol. The van der Waals surface area contributed by atoms with Crippen LogP contribution >= 0.6 is 0 Å². The maximum absolute atomic E-state index is 13.5. The molecule has 0 N–H and O–H groups in total. The van der Waals surface area contributed by atoms with E-state index in [0.29, 0.717) is 6.04 Å². The van der Waals surface area contributed by atoms with Gasteiger partial charge in [-0.25, -0.2) is 9.37 Å². The van der Waals surface area contributed by atoms with E-state index in [-0.39, 0.29) is 5.82 Å². The van der Waals surface area contributed by atoms with Gasteiger partial charge in [0.1, 0.15) is 5.82 Å². The van der Waals surface area contributed by atoms with Crippen LogP contribution in [0.25, 0.3) is 29.2 Å². The van der Waals surface area contributed by atoms with E-state index in [1.165, 1.54) is 31.4 Å². The van der Waals surface area contributed by atoms with Crippen LogP contribution in [0, 0.1) is 12.7 Å². The van der Waals surface area contributed by atoms with Crippen LogP contribution in [-0.4, -0.2) is 15.6 Å². The number of aryl methyl sites for hydroxylation is 1. The van der Waals surface area contributed by atoms with Crippen LogP contribution in [0.1, 0.15) is 37.7 Å². The number of hydrogen-bond acceptors (Lipinski definition) is 2. The van der Waals surface area contributed by atoms with Crippen molar-refractivity contribution in [3.63, 3.8) is 0 Å². The van der Waals surface area contributed by atoms with Crippen molar-refractivity contribution < 1.29 is 4.39 Å². The first-order valence-electron chi connectivity index (χ1n) is 9.73. The predicted molar refractivity (Wildman–Crippen MR) is 105 cm³/mol. The molecule has 1 saturated carbocycles. The van der Waals surface area contributed by atoms with E-state index in [1.54, 1.807) is 0 Å². The molecule has 3 nitrogen and oxygen atoms in total. The van der Waals surface area contributed by atoms with Gasteiger partial charge in [0, 0.05) is 5.69 Å². The smallest absolute Gasteiger partial charge is 0.123 e. The van der Waals surface area contributed by atoms with E-state index in [9.17, 15) is 4.39 Å². The zero-order valence-corrected chi connectivity index (χ0v) is 15.5. The van der Waals surface area contributed by atoms with Crippen LogP contribution in [0.5, 0.6) is 0 Å². The number of rotatable bonds is 2. The van der Waals surface area contributed by atoms with E-state index < -0.39 is 0 Å². The Labute approximate surface area is 157 Å². The summed E-state index contributed by atoms with van der Waals surface area (Å²) in [5, 5.41) is 3.13. The zero-order valence-electron chi connectivity index (χ0n) is 15.5. The van der Waals surface area contributed by atoms with E-state index in [4.69, 9.17) is 9.98 Å². The molecule has 0 radical (unpaired) electrons. The number of benzene rings is 2. The van der Waals surface area contributed by atoms with Gasteiger partial charge in [0.2, 0.25) is 0 Å². The summed E-state index contributed by atoms with van der Waals surface area (Å²) in [6.07, 6.45) is 10.1. The first kappa shape index (κ1) is 16.4. The summed E-state index contributed by atoms with van der Waals surface area (Å²) in [6, 6.07) is 11.4. The fraction of sp³-hybridized carbons (Fsp3) is 0.304. The molecule has 3 aliphatic carbocycles. The summed E-state index contributed by atoms with van der Waals surface area (Å²) in [6.45, 7) is 2.11. The lowest BCUT2D eigenvalue weighted by Crippen LogP contribution is -2.40. The lowest BCUT2D eigenvalue weighted by Gasteiger charge is -2.22. The number of hydrogen-bond donors (Lipinski definition) is 0. The summed E-state index contributed by atoms with van der Waals surface area (Å²) in [4.78, 5) is 9.87. The van der Waals surface area contributed by atoms with Crippen molar-refractivity contribution in [3.8, 4) is 17.1 Å². The molecule has 0 aromatic heterocycles. The summed E-state index contributed by atoms with van der Waals surface area (Å²) >= 11 is 0. The van der Waals surface area contributed by atoms with Crippen molar-refractivity contribution in [2.75, 3.05) is 0 Å². The standard InChI is InChI=1S/C23H22FN3/c1-15-13-21-23(14-20(15)25-17-5-4-6-17)27(18-11-9-16(24)10-12-18)22-8-3-2-7-19(22)26-21/h7-14,17H,2-6H2,1H3. The van der Waals surface area contributed by atoms with Crippen molar-refractivity contribution in [2.45, 2.75) is 45.1 Å². The SMILES string of the molecule is Cc1cc2nc3c(n(-c4ccc(F)cc4)c-2cc1=NC1CCC1)=CCCC=3. The maximum Gasteiger partial charge on any atom is 0.123 e. The van der Waals surface area contributed by atoms with Gasteiger partial charge in [0.25, 0.3) is 0 Å². The summed E-state index contributed by atoms with van der Waals surface area (Å²) < 4.78 is 15.7. The lowest BCUT2D eigenvalue weighted by atomic mass is 9.93. The average Bonchev–Trinajstić information content (AvgIpc) is 2.64. The highest BCUT2D eigenvalue weighted by Crippen LogP contribution is 2.23. The van der Waals surface area contributed by atoms with Crippen molar-refractivity contribution >= 4 is 12.2 Å². The molecule has 4 heteroatoms. The summed E-state index contributed by atoms with van der Waals surface area (Å²) in [5.74, 6) is -0.223. The lowest BCUT2D eigenvalue weighted by molar-refractivity contribution is 0.412. The Hall–Kier alpha value is -2.75. The molecule has 1 heterocycles. The molecule has 1 aromatic carbocycles. The molecule has 1 fully saturated rings. The largest absolute Gasteiger partial charge is 0.306 e. The molecule has 136 valence electrons. The number of fused-ring (bicyclic) bond motifs is 2. The molecule has 0 unspecified atom stereocenters. The van der Waals surface area contributed by atoms with Gasteiger partial charge in [-0.15, -0.1) is 0 Å². The van der Waals surface area contributed by atoms with Gasteiger partial charge >= 0.3 is 0 Å². The Balaban J connectivity index is 1.86. The van der Waals surface area contributed by atoms with E-state index in [0.717, 1.165) is 51.5 Å². The topological polar surface area (TPSA) is 30.2 Å². The molecule has 5 rings (SSSR count). The summed E-state index contributed by atoms with van der Waals surface area (Å²) in [5.41, 5.74) is 4.09. The Morgan fingerprint density at radius 3 is 2.59 bits per heavy atom. The molecule has 0 amide bonds. The fourth-order valence-corrected chi connectivity index (χ4v) is 3.88. The molecule has 0 atom stereocenters. The summed E-state index contributed by atoms with van der Waals surface area (Å²) in [7, 11) is 0. The first-order valence-corrected chi connectivity index (χ1v) is 9.73. The van der Waals surface area contributed by atoms with Gasteiger partial charge in [-0.05, 0) is 81.0 Å². The second-order valence-corrected chi connectivity index (χ2v) is 7.52. The van der Waals surface area contributed by atoms with Crippen molar-refractivity contribution in [1.29, 1.82) is 0 Å². The van der Waals surface area contributed by atoms with Crippen LogP contribution in [0.15, 0.2) is 41.4 Å². The number of nitrogens with zero attached hydrogens (tertiary/aromatic N) is 3. The highest BCUT2D eigenvalue weighted by Gasteiger charge is 2.18. The molecule has 1 aliphatic heterocycles. The van der Waals surface area contributed by atoms with Gasteiger partial charge in [-0.1, -0.05) is 12.2 Å². The number of aromatic nitrogens is 2. The monoisotopic (exact) mass is 359 g/mol. The Morgan fingerprint density at radius 1 is 1.07 bits per heavy atom. The number of halogens is 1. The first-order chi connectivity index (χ1) is 13.2. The van der Waals surface area contributed by atoms with Crippen molar-refractivity contribution in [1.82, 2.24) is 9.55 Å². The second-order valence-electron chi connectivity index (χ2n) is 7.52. The highest BCUT2D eigenvalue weighted by molar-refractivity contribution is 5.62. The predicted octanol–water partition coefficient (Wildman–Crippen LogP) is 3.23. The minimum atomic E-state index is -0.223. The van der Waals surface area contributed by atoms with Gasteiger partial charge in [0.05, 0.1) is 33.5 Å². The van der Waals surface area contributed by atoms with Crippen LogP contribution in [0.3, 0.4) is 0 Å². The highest BCUT2D eigenvalue weighted by atomic mass is 19.1. The molecule has 0 saturated heterocycles. The van der Waals surface area contributed by atoms with Crippen LogP contribution in [-0.2, 0) is 0 Å². The Morgan fingerprint density at radius 2 is 1.85 bits per heavy atom. The minimum Gasteiger partial charge on any atom is -0.306 e. The Bertz CT molecular complexity index is 1170. The van der Waals surface area contributed by atoms with Crippen LogP contribution in [0.2, 0.25) is 0 Å². The van der Waals surface area contributed by atoms with E-state index in [2.05, 4.69) is 35.8 Å². The van der Waals surface area contributed by atoms with E-state index >= 15 is 0 Å². The van der Waals surface area contributed by atoms with Crippen molar-refractivity contribution in [3.05, 3.63) is 63.8 Å². The van der Waals surface area contributed by atoms with E-state index in [1.807, 2.05) is 12.1 Å². The van der Waals surface area contributed by atoms with Gasteiger partial charge < -0.3 is 4.57 Å². The molecule has 0 bridgehead atoms. The normalized spacial score (nSPS) is 17.2. The zero-order chi connectivity index (χ0) is 18.4. The molecule has 0 spiro atoms. The second kappa shape index (κ2) is 6.45. The third-order valence-electron chi connectivity index (χ3n) is 5.60. The molecule has 4 aliphatic rings. The van der Waals surface area contributed by atoms with Crippen LogP contribution in [0.4, 0.5) is 4.39 Å².